The third kappa shape index (κ3) is 4.43. The van der Waals surface area contributed by atoms with Crippen LogP contribution < -0.4 is 0 Å². The predicted molar refractivity (Wildman–Crippen MR) is 87.9 cm³/mol. The summed E-state index contributed by atoms with van der Waals surface area (Å²) >= 11 is 0. The van der Waals surface area contributed by atoms with Crippen LogP contribution >= 0.6 is 0 Å². The first-order chi connectivity index (χ1) is 12.1. The van der Waals surface area contributed by atoms with Crippen LogP contribution in [0, 0.1) is 0 Å². The van der Waals surface area contributed by atoms with Gasteiger partial charge >= 0.3 is 11.9 Å². The fourth-order valence-electron chi connectivity index (χ4n) is 2.56. The van der Waals surface area contributed by atoms with Crippen molar-refractivity contribution in [3.05, 3.63) is 71.8 Å². The molecule has 0 saturated carbocycles. The highest BCUT2D eigenvalue weighted by Crippen LogP contribution is 2.23. The molecule has 0 amide bonds. The molecule has 0 aliphatic carbocycles. The summed E-state index contributed by atoms with van der Waals surface area (Å²) in [5, 5.41) is 9.68. The Bertz CT molecular complexity index is 715. The van der Waals surface area contributed by atoms with Gasteiger partial charge < -0.3 is 19.3 Å². The summed E-state index contributed by atoms with van der Waals surface area (Å²) in [5.74, 6) is -1.01. The van der Waals surface area contributed by atoms with Crippen LogP contribution in [0.4, 0.5) is 0 Å². The number of esters is 2. The highest BCUT2D eigenvalue weighted by atomic mass is 16.7. The molecular formula is C19H18O6. The summed E-state index contributed by atoms with van der Waals surface area (Å²) in [6.45, 7) is -0.114. The molecule has 0 bridgehead atoms. The number of carbonyl (C=O) groups is 2. The Morgan fingerprint density at radius 3 is 2.12 bits per heavy atom. The van der Waals surface area contributed by atoms with Crippen molar-refractivity contribution in [2.75, 3.05) is 6.61 Å². The topological polar surface area (TPSA) is 82.1 Å². The number of aliphatic hydroxyl groups excluding tert-OH is 1. The van der Waals surface area contributed by atoms with Crippen molar-refractivity contribution >= 4 is 11.9 Å². The van der Waals surface area contributed by atoms with Crippen LogP contribution in [0.2, 0.25) is 0 Å². The van der Waals surface area contributed by atoms with E-state index in [9.17, 15) is 14.7 Å². The zero-order valence-corrected chi connectivity index (χ0v) is 13.4. The zero-order chi connectivity index (χ0) is 17.6. The Labute approximate surface area is 144 Å². The maximum absolute atomic E-state index is 12.1. The van der Waals surface area contributed by atoms with Gasteiger partial charge in [0.2, 0.25) is 0 Å². The molecule has 130 valence electrons. The fraction of sp³-hybridized carbons (Fsp3) is 0.263. The molecule has 2 aromatic carbocycles. The van der Waals surface area contributed by atoms with E-state index in [4.69, 9.17) is 14.2 Å². The molecular weight excluding hydrogens is 324 g/mol. The van der Waals surface area contributed by atoms with E-state index in [2.05, 4.69) is 0 Å². The van der Waals surface area contributed by atoms with E-state index >= 15 is 0 Å². The van der Waals surface area contributed by atoms with Gasteiger partial charge in [-0.3, -0.25) is 0 Å². The standard InChI is InChI=1S/C19H18O6/c20-17-11-15(25-19(22)14-9-5-2-6-10-14)16(24-17)12-23-18(21)13-7-3-1-4-8-13/h1-10,15-17,20H,11-12H2/t15-,16?,17?/m0/s1. The molecule has 6 heteroatoms. The first kappa shape index (κ1) is 17.1. The van der Waals surface area contributed by atoms with Gasteiger partial charge in [-0.1, -0.05) is 36.4 Å². The Kier molecular flexibility index (Phi) is 5.42. The smallest absolute Gasteiger partial charge is 0.338 e. The van der Waals surface area contributed by atoms with Gasteiger partial charge in [0.15, 0.2) is 6.29 Å². The van der Waals surface area contributed by atoms with E-state index in [-0.39, 0.29) is 13.0 Å². The fourth-order valence-corrected chi connectivity index (χ4v) is 2.56. The van der Waals surface area contributed by atoms with E-state index in [1.54, 1.807) is 60.7 Å². The predicted octanol–water partition coefficient (Wildman–Crippen LogP) is 2.18. The van der Waals surface area contributed by atoms with Crippen molar-refractivity contribution in [1.82, 2.24) is 0 Å². The molecule has 2 aromatic rings. The van der Waals surface area contributed by atoms with E-state index in [1.807, 2.05) is 0 Å². The number of hydrogen-bond acceptors (Lipinski definition) is 6. The van der Waals surface area contributed by atoms with Crippen molar-refractivity contribution in [3.63, 3.8) is 0 Å². The third-order valence-corrected chi connectivity index (χ3v) is 3.84. The van der Waals surface area contributed by atoms with Gasteiger partial charge in [0.05, 0.1) is 11.1 Å². The molecule has 3 atom stereocenters. The maximum atomic E-state index is 12.1. The number of aliphatic hydroxyl groups is 1. The molecule has 0 radical (unpaired) electrons. The van der Waals surface area contributed by atoms with Crippen molar-refractivity contribution < 1.29 is 28.9 Å². The monoisotopic (exact) mass is 342 g/mol. The van der Waals surface area contributed by atoms with E-state index < -0.39 is 30.4 Å². The molecule has 1 saturated heterocycles. The van der Waals surface area contributed by atoms with Gasteiger partial charge in [0.25, 0.3) is 0 Å². The van der Waals surface area contributed by atoms with Gasteiger partial charge in [-0.2, -0.15) is 0 Å². The summed E-state index contributed by atoms with van der Waals surface area (Å²) in [6, 6.07) is 17.1. The highest BCUT2D eigenvalue weighted by molar-refractivity contribution is 5.90. The second-order valence-corrected chi connectivity index (χ2v) is 5.64. The third-order valence-electron chi connectivity index (χ3n) is 3.84. The minimum Gasteiger partial charge on any atom is -0.459 e. The number of ether oxygens (including phenoxy) is 3. The molecule has 1 heterocycles. The lowest BCUT2D eigenvalue weighted by Crippen LogP contribution is -2.32. The summed E-state index contributed by atoms with van der Waals surface area (Å²) in [4.78, 5) is 24.1. The molecule has 1 N–H and O–H groups in total. The largest absolute Gasteiger partial charge is 0.459 e. The molecule has 1 aliphatic rings. The second kappa shape index (κ2) is 7.92. The highest BCUT2D eigenvalue weighted by Gasteiger charge is 2.38. The molecule has 25 heavy (non-hydrogen) atoms. The molecule has 3 rings (SSSR count). The maximum Gasteiger partial charge on any atom is 0.338 e. The van der Waals surface area contributed by atoms with Gasteiger partial charge in [0.1, 0.15) is 18.8 Å². The Balaban J connectivity index is 1.58. The Morgan fingerprint density at radius 1 is 0.960 bits per heavy atom. The molecule has 6 nitrogen and oxygen atoms in total. The zero-order valence-electron chi connectivity index (χ0n) is 13.4. The quantitative estimate of drug-likeness (QED) is 0.839. The van der Waals surface area contributed by atoms with Gasteiger partial charge in [-0.15, -0.1) is 0 Å². The van der Waals surface area contributed by atoms with Crippen LogP contribution in [-0.4, -0.2) is 42.1 Å². The van der Waals surface area contributed by atoms with Gasteiger partial charge in [-0.25, -0.2) is 9.59 Å². The lowest BCUT2D eigenvalue weighted by molar-refractivity contribution is -0.110. The first-order valence-corrected chi connectivity index (χ1v) is 7.95. The van der Waals surface area contributed by atoms with Crippen LogP contribution in [0.15, 0.2) is 60.7 Å². The SMILES string of the molecule is O=C(OCC1OC(O)C[C@@H]1OC(=O)c1ccccc1)c1ccccc1. The van der Waals surface area contributed by atoms with E-state index in [0.29, 0.717) is 11.1 Å². The van der Waals surface area contributed by atoms with Gasteiger partial charge in [-0.05, 0) is 24.3 Å². The average Bonchev–Trinajstić information content (AvgIpc) is 3.00. The lowest BCUT2D eigenvalue weighted by Gasteiger charge is -2.18. The minimum absolute atomic E-state index is 0.114. The summed E-state index contributed by atoms with van der Waals surface area (Å²) in [7, 11) is 0. The lowest BCUT2D eigenvalue weighted by atomic mass is 10.1. The summed E-state index contributed by atoms with van der Waals surface area (Å²) in [6.07, 6.45) is -2.33. The number of benzene rings is 2. The van der Waals surface area contributed by atoms with E-state index in [1.165, 1.54) is 0 Å². The van der Waals surface area contributed by atoms with Crippen molar-refractivity contribution in [2.45, 2.75) is 24.9 Å². The van der Waals surface area contributed by atoms with Crippen LogP contribution in [0.5, 0.6) is 0 Å². The molecule has 2 unspecified atom stereocenters. The number of carbonyl (C=O) groups excluding carboxylic acids is 2. The average molecular weight is 342 g/mol. The molecule has 0 spiro atoms. The van der Waals surface area contributed by atoms with Crippen molar-refractivity contribution in [2.24, 2.45) is 0 Å². The van der Waals surface area contributed by atoms with Crippen LogP contribution in [-0.2, 0) is 14.2 Å². The number of rotatable bonds is 5. The Hall–Kier alpha value is -2.70. The van der Waals surface area contributed by atoms with Crippen LogP contribution in [0.25, 0.3) is 0 Å². The first-order valence-electron chi connectivity index (χ1n) is 7.95. The molecule has 1 aliphatic heterocycles. The number of hydrogen-bond donors (Lipinski definition) is 1. The second-order valence-electron chi connectivity index (χ2n) is 5.64. The molecule has 1 fully saturated rings. The van der Waals surface area contributed by atoms with Crippen molar-refractivity contribution in [3.8, 4) is 0 Å². The van der Waals surface area contributed by atoms with Crippen LogP contribution in [0.1, 0.15) is 27.1 Å². The van der Waals surface area contributed by atoms with Gasteiger partial charge in [0, 0.05) is 6.42 Å². The Morgan fingerprint density at radius 2 is 1.52 bits per heavy atom. The van der Waals surface area contributed by atoms with Crippen LogP contribution in [0.3, 0.4) is 0 Å². The summed E-state index contributed by atoms with van der Waals surface area (Å²) < 4.78 is 15.9. The molecule has 0 aromatic heterocycles. The minimum atomic E-state index is -1.06. The summed E-state index contributed by atoms with van der Waals surface area (Å²) in [5.41, 5.74) is 0.822. The van der Waals surface area contributed by atoms with E-state index in [0.717, 1.165) is 0 Å². The van der Waals surface area contributed by atoms with Crippen molar-refractivity contribution in [1.29, 1.82) is 0 Å². The normalized spacial score (nSPS) is 22.4.